The average molecular weight is 448 g/mol. The largest absolute Gasteiger partial charge is 0.491 e. The van der Waals surface area contributed by atoms with Crippen molar-refractivity contribution in [3.8, 4) is 16.9 Å². The minimum atomic E-state index is -0.565. The molecular weight excluding hydrogens is 422 g/mol. The first kappa shape index (κ1) is 21.0. The van der Waals surface area contributed by atoms with Crippen molar-refractivity contribution in [1.29, 1.82) is 0 Å². The van der Waals surface area contributed by atoms with Crippen LogP contribution in [0.2, 0.25) is 5.02 Å². The summed E-state index contributed by atoms with van der Waals surface area (Å²) in [5.41, 5.74) is 6.85. The van der Waals surface area contributed by atoms with Gasteiger partial charge in [-0.05, 0) is 65.1 Å². The van der Waals surface area contributed by atoms with Crippen molar-refractivity contribution in [3.63, 3.8) is 0 Å². The lowest BCUT2D eigenvalue weighted by molar-refractivity contribution is 0.0638. The Hall–Kier alpha value is -2.86. The number of fused-ring (bicyclic) bond motifs is 2. The standard InChI is InChI=1S/C26H26ClN3O2/c1-29-17-28-25-8-6-20(13-26(25)29)19-3-2-4-24(12-19)32-16-23(31)15-30-10-9-18-5-7-22(27)11-21(18)14-30/h2-8,11-13,17,23,31H,9-10,14-16H2,1H3. The monoisotopic (exact) mass is 447 g/mol. The predicted octanol–water partition coefficient (Wildman–Crippen LogP) is 4.69. The maximum absolute atomic E-state index is 10.6. The van der Waals surface area contributed by atoms with Gasteiger partial charge in [-0.15, -0.1) is 0 Å². The molecule has 1 aliphatic rings. The average Bonchev–Trinajstić information content (AvgIpc) is 3.18. The van der Waals surface area contributed by atoms with Crippen LogP contribution in [0.5, 0.6) is 5.75 Å². The summed E-state index contributed by atoms with van der Waals surface area (Å²) < 4.78 is 7.96. The van der Waals surface area contributed by atoms with Crippen LogP contribution in [0, 0.1) is 0 Å². The second-order valence-corrected chi connectivity index (χ2v) is 8.89. The molecule has 0 aliphatic carbocycles. The first-order valence-corrected chi connectivity index (χ1v) is 11.2. The van der Waals surface area contributed by atoms with Gasteiger partial charge in [-0.2, -0.15) is 0 Å². The van der Waals surface area contributed by atoms with E-state index >= 15 is 0 Å². The van der Waals surface area contributed by atoms with Crippen LogP contribution in [-0.4, -0.2) is 45.4 Å². The molecular formula is C26H26ClN3O2. The highest BCUT2D eigenvalue weighted by molar-refractivity contribution is 6.30. The van der Waals surface area contributed by atoms with Crippen LogP contribution in [0.1, 0.15) is 11.1 Å². The fourth-order valence-electron chi connectivity index (χ4n) is 4.35. The third kappa shape index (κ3) is 4.51. The molecule has 1 atom stereocenters. The van der Waals surface area contributed by atoms with Gasteiger partial charge in [0.2, 0.25) is 0 Å². The van der Waals surface area contributed by atoms with Crippen LogP contribution in [0.3, 0.4) is 0 Å². The molecule has 0 spiro atoms. The van der Waals surface area contributed by atoms with Crippen molar-refractivity contribution in [2.45, 2.75) is 19.1 Å². The Labute approximate surface area is 192 Å². The summed E-state index contributed by atoms with van der Waals surface area (Å²) in [4.78, 5) is 6.64. The van der Waals surface area contributed by atoms with Crippen molar-refractivity contribution in [3.05, 3.63) is 83.1 Å². The molecule has 1 aromatic heterocycles. The van der Waals surface area contributed by atoms with Gasteiger partial charge in [0, 0.05) is 31.7 Å². The number of rotatable bonds is 6. The second kappa shape index (κ2) is 8.94. The van der Waals surface area contributed by atoms with Crippen LogP contribution >= 0.6 is 11.6 Å². The molecule has 6 heteroatoms. The van der Waals surface area contributed by atoms with E-state index in [1.54, 1.807) is 0 Å². The quantitative estimate of drug-likeness (QED) is 0.465. The lowest BCUT2D eigenvalue weighted by atomic mass is 10.00. The van der Waals surface area contributed by atoms with E-state index in [4.69, 9.17) is 16.3 Å². The summed E-state index contributed by atoms with van der Waals surface area (Å²) in [5, 5.41) is 11.3. The number of aliphatic hydroxyl groups excluding tert-OH is 1. The normalized spacial score (nSPS) is 15.0. The zero-order chi connectivity index (χ0) is 22.1. The molecule has 0 amide bonds. The number of hydrogen-bond donors (Lipinski definition) is 1. The Balaban J connectivity index is 1.21. The lowest BCUT2D eigenvalue weighted by Crippen LogP contribution is -2.38. The molecule has 32 heavy (non-hydrogen) atoms. The van der Waals surface area contributed by atoms with Gasteiger partial charge in [-0.25, -0.2) is 4.98 Å². The van der Waals surface area contributed by atoms with Gasteiger partial charge in [0.15, 0.2) is 0 Å². The molecule has 5 rings (SSSR count). The van der Waals surface area contributed by atoms with E-state index in [-0.39, 0.29) is 6.61 Å². The van der Waals surface area contributed by atoms with Crippen molar-refractivity contribution >= 4 is 22.6 Å². The van der Waals surface area contributed by atoms with Crippen LogP contribution in [0.4, 0.5) is 0 Å². The summed E-state index contributed by atoms with van der Waals surface area (Å²) in [6.07, 6.45) is 2.23. The smallest absolute Gasteiger partial charge is 0.120 e. The summed E-state index contributed by atoms with van der Waals surface area (Å²) >= 11 is 6.14. The molecule has 4 aromatic rings. The number of hydrogen-bond acceptors (Lipinski definition) is 4. The van der Waals surface area contributed by atoms with E-state index in [0.29, 0.717) is 6.54 Å². The van der Waals surface area contributed by atoms with Gasteiger partial charge in [-0.3, -0.25) is 4.90 Å². The molecule has 3 aromatic carbocycles. The number of aromatic nitrogens is 2. The Morgan fingerprint density at radius 2 is 1.94 bits per heavy atom. The van der Waals surface area contributed by atoms with Gasteiger partial charge >= 0.3 is 0 Å². The van der Waals surface area contributed by atoms with Gasteiger partial charge in [0.1, 0.15) is 18.5 Å². The Bertz CT molecular complexity index is 1250. The maximum Gasteiger partial charge on any atom is 0.120 e. The van der Waals surface area contributed by atoms with Crippen molar-refractivity contribution < 1.29 is 9.84 Å². The first-order chi connectivity index (χ1) is 15.5. The fraction of sp³-hybridized carbons (Fsp3) is 0.269. The molecule has 0 fully saturated rings. The highest BCUT2D eigenvalue weighted by Gasteiger charge is 2.19. The Kier molecular flexibility index (Phi) is 5.87. The van der Waals surface area contributed by atoms with E-state index in [9.17, 15) is 5.11 Å². The fourth-order valence-corrected chi connectivity index (χ4v) is 4.55. The molecule has 0 saturated carbocycles. The molecule has 1 N–H and O–H groups in total. The summed E-state index contributed by atoms with van der Waals surface area (Å²) in [6, 6.07) is 20.3. The predicted molar refractivity (Wildman–Crippen MR) is 128 cm³/mol. The number of aryl methyl sites for hydroxylation is 1. The van der Waals surface area contributed by atoms with Crippen LogP contribution in [-0.2, 0) is 20.0 Å². The second-order valence-electron chi connectivity index (χ2n) is 8.45. The van der Waals surface area contributed by atoms with Gasteiger partial charge in [0.05, 0.1) is 17.4 Å². The number of nitrogens with zero attached hydrogens (tertiary/aromatic N) is 3. The highest BCUT2D eigenvalue weighted by atomic mass is 35.5. The van der Waals surface area contributed by atoms with Crippen LogP contribution in [0.15, 0.2) is 67.0 Å². The number of halogens is 1. The first-order valence-electron chi connectivity index (χ1n) is 10.9. The van der Waals surface area contributed by atoms with Crippen LogP contribution < -0.4 is 4.74 Å². The zero-order valence-corrected chi connectivity index (χ0v) is 18.8. The van der Waals surface area contributed by atoms with Crippen molar-refractivity contribution in [2.75, 3.05) is 19.7 Å². The van der Waals surface area contributed by atoms with Crippen LogP contribution in [0.25, 0.3) is 22.2 Å². The van der Waals surface area contributed by atoms with Crippen molar-refractivity contribution in [1.82, 2.24) is 14.5 Å². The maximum atomic E-state index is 10.6. The molecule has 2 heterocycles. The molecule has 0 saturated heterocycles. The van der Waals surface area contributed by atoms with Gasteiger partial charge in [-0.1, -0.05) is 35.9 Å². The number of ether oxygens (including phenoxy) is 1. The third-order valence-corrected chi connectivity index (χ3v) is 6.30. The molecule has 1 aliphatic heterocycles. The van der Waals surface area contributed by atoms with Crippen molar-refractivity contribution in [2.24, 2.45) is 7.05 Å². The highest BCUT2D eigenvalue weighted by Crippen LogP contribution is 2.27. The summed E-state index contributed by atoms with van der Waals surface area (Å²) in [6.45, 7) is 2.56. The Morgan fingerprint density at radius 3 is 2.84 bits per heavy atom. The molecule has 0 radical (unpaired) electrons. The Morgan fingerprint density at radius 1 is 1.06 bits per heavy atom. The summed E-state index contributed by atoms with van der Waals surface area (Å²) in [5.74, 6) is 0.752. The van der Waals surface area contributed by atoms with E-state index in [1.165, 1.54) is 11.1 Å². The zero-order valence-electron chi connectivity index (χ0n) is 18.0. The number of β-amino-alcohol motifs (C(OH)–C–C–N with tert-alkyl or cyclic N) is 1. The molecule has 1 unspecified atom stereocenters. The van der Waals surface area contributed by atoms with Gasteiger partial charge < -0.3 is 14.4 Å². The molecule has 164 valence electrons. The number of benzene rings is 3. The summed E-state index contributed by atoms with van der Waals surface area (Å²) in [7, 11) is 2.00. The lowest BCUT2D eigenvalue weighted by Gasteiger charge is -2.30. The number of aliphatic hydroxyl groups is 1. The molecule has 0 bridgehead atoms. The number of imidazole rings is 1. The van der Waals surface area contributed by atoms with E-state index in [0.717, 1.165) is 52.4 Å². The third-order valence-electron chi connectivity index (χ3n) is 6.06. The topological polar surface area (TPSA) is 50.5 Å². The molecule has 5 nitrogen and oxygen atoms in total. The van der Waals surface area contributed by atoms with E-state index in [2.05, 4.69) is 34.1 Å². The minimum Gasteiger partial charge on any atom is -0.491 e. The van der Waals surface area contributed by atoms with Gasteiger partial charge in [0.25, 0.3) is 0 Å². The van der Waals surface area contributed by atoms with E-state index < -0.39 is 6.10 Å². The SMILES string of the molecule is Cn1cnc2ccc(-c3cccc(OCC(O)CN4CCc5ccc(Cl)cc5C4)c3)cc21. The minimum absolute atomic E-state index is 0.253. The van der Waals surface area contributed by atoms with E-state index in [1.807, 2.05) is 54.3 Å².